The highest BCUT2D eigenvalue weighted by Crippen LogP contribution is 2.26. The van der Waals surface area contributed by atoms with Gasteiger partial charge in [0.2, 0.25) is 5.91 Å². The number of nitrogens with zero attached hydrogens (tertiary/aromatic N) is 4. The number of aromatic nitrogens is 3. The molecule has 3 rings (SSSR count). The fraction of sp³-hybridized carbons (Fsp3) is 0.429. The van der Waals surface area contributed by atoms with E-state index in [-0.39, 0.29) is 51.5 Å². The van der Waals surface area contributed by atoms with Crippen LogP contribution >= 0.6 is 34.8 Å². The molecule has 0 aliphatic rings. The van der Waals surface area contributed by atoms with Gasteiger partial charge in [-0.3, -0.25) is 9.59 Å². The molecule has 0 N–H and O–H groups in total. The highest BCUT2D eigenvalue weighted by molar-refractivity contribution is 6.32. The number of rotatable bonds is 11. The Bertz CT molecular complexity index is 1460. The summed E-state index contributed by atoms with van der Waals surface area (Å²) in [6, 6.07) is 7.99. The van der Waals surface area contributed by atoms with Crippen LogP contribution in [-0.4, -0.2) is 64.3 Å². The number of halogens is 6. The monoisotopic (exact) mass is 666 g/mol. The molecule has 0 bridgehead atoms. The lowest BCUT2D eigenvalue weighted by molar-refractivity contribution is -0.142. The molecular weight excluding hydrogens is 636 g/mol. The van der Waals surface area contributed by atoms with Gasteiger partial charge < -0.3 is 14.4 Å². The SMILES string of the molecule is CCOC(=O)C(Cl)Cc1cc(-n2nc(C)n(C(F)F)c2=O)c(F)cc1Cl.COCCN(C(=O)CCl)c1c(C)cccc1C. The normalized spacial score (nSPS) is 11.6. The van der Waals surface area contributed by atoms with Gasteiger partial charge in [-0.15, -0.1) is 28.3 Å². The molecule has 43 heavy (non-hydrogen) atoms. The molecule has 0 spiro atoms. The summed E-state index contributed by atoms with van der Waals surface area (Å²) in [5.41, 5.74) is 1.71. The number of hydrogen-bond donors (Lipinski definition) is 0. The predicted octanol–water partition coefficient (Wildman–Crippen LogP) is 5.76. The van der Waals surface area contributed by atoms with Crippen LogP contribution in [0, 0.1) is 26.6 Å². The first-order chi connectivity index (χ1) is 20.3. The van der Waals surface area contributed by atoms with Gasteiger partial charge in [0.25, 0.3) is 0 Å². The number of aryl methyl sites for hydroxylation is 3. The summed E-state index contributed by atoms with van der Waals surface area (Å²) < 4.78 is 50.5. The first-order valence-electron chi connectivity index (χ1n) is 13.0. The molecule has 0 saturated heterocycles. The highest BCUT2D eigenvalue weighted by Gasteiger charge is 2.24. The van der Waals surface area contributed by atoms with Crippen molar-refractivity contribution >= 4 is 52.4 Å². The molecule has 1 aromatic heterocycles. The van der Waals surface area contributed by atoms with Gasteiger partial charge in [-0.1, -0.05) is 29.8 Å². The van der Waals surface area contributed by atoms with E-state index in [9.17, 15) is 27.6 Å². The number of ether oxygens (including phenoxy) is 2. The van der Waals surface area contributed by atoms with E-state index in [1.54, 1.807) is 18.9 Å². The van der Waals surface area contributed by atoms with E-state index < -0.39 is 29.4 Å². The Hall–Kier alpha value is -3.06. The molecule has 9 nitrogen and oxygen atoms in total. The van der Waals surface area contributed by atoms with E-state index >= 15 is 0 Å². The van der Waals surface area contributed by atoms with Crippen molar-refractivity contribution in [1.29, 1.82) is 0 Å². The summed E-state index contributed by atoms with van der Waals surface area (Å²) in [5.74, 6) is -2.03. The molecule has 15 heteroatoms. The minimum absolute atomic E-state index is 0.0164. The highest BCUT2D eigenvalue weighted by atomic mass is 35.5. The molecule has 0 aliphatic carbocycles. The number of methoxy groups -OCH3 is 1. The molecule has 1 unspecified atom stereocenters. The van der Waals surface area contributed by atoms with Crippen molar-refractivity contribution in [3.63, 3.8) is 0 Å². The summed E-state index contributed by atoms with van der Waals surface area (Å²) in [4.78, 5) is 37.3. The number of esters is 1. The summed E-state index contributed by atoms with van der Waals surface area (Å²) >= 11 is 17.5. The van der Waals surface area contributed by atoms with Crippen LogP contribution in [0.3, 0.4) is 0 Å². The van der Waals surface area contributed by atoms with Crippen molar-refractivity contribution < 1.29 is 32.2 Å². The first-order valence-corrected chi connectivity index (χ1v) is 14.3. The number of anilines is 1. The number of carbonyl (C=O) groups excluding carboxylic acids is 2. The Labute approximate surface area is 262 Å². The van der Waals surface area contributed by atoms with Crippen molar-refractivity contribution in [1.82, 2.24) is 14.3 Å². The van der Waals surface area contributed by atoms with Gasteiger partial charge in [0.05, 0.1) is 13.2 Å². The van der Waals surface area contributed by atoms with Crippen LogP contribution in [0.15, 0.2) is 35.1 Å². The lowest BCUT2D eigenvalue weighted by Gasteiger charge is -2.25. The maximum Gasteiger partial charge on any atom is 0.355 e. The van der Waals surface area contributed by atoms with Crippen LogP contribution in [0.2, 0.25) is 5.02 Å². The van der Waals surface area contributed by atoms with Gasteiger partial charge in [0, 0.05) is 30.8 Å². The number of para-hydroxylation sites is 1. The topological polar surface area (TPSA) is 95.7 Å². The number of hydrogen-bond acceptors (Lipinski definition) is 6. The Morgan fingerprint density at radius 3 is 2.28 bits per heavy atom. The zero-order chi connectivity index (χ0) is 32.4. The van der Waals surface area contributed by atoms with Crippen molar-refractivity contribution in [2.45, 2.75) is 46.0 Å². The predicted molar refractivity (Wildman–Crippen MR) is 160 cm³/mol. The standard InChI is InChI=1S/C15H14Cl2F3N3O3.C13H18ClNO2/c1-3-26-13(24)10(17)4-8-5-12(11(18)6-9(8)16)23-15(25)22(14(19)20)7(2)21-23;1-10-5-4-6-11(2)13(10)15(7-8-17-3)12(16)9-14/h5-6,10,14H,3-4H2,1-2H3;4-6H,7-9H2,1-3H3. The lowest BCUT2D eigenvalue weighted by Crippen LogP contribution is -2.35. The largest absolute Gasteiger partial charge is 0.465 e. The second-order valence-electron chi connectivity index (χ2n) is 9.12. The van der Waals surface area contributed by atoms with Crippen LogP contribution in [0.25, 0.3) is 5.69 Å². The van der Waals surface area contributed by atoms with Crippen LogP contribution < -0.4 is 10.6 Å². The fourth-order valence-electron chi connectivity index (χ4n) is 4.11. The molecule has 2 aromatic carbocycles. The molecule has 1 heterocycles. The zero-order valence-electron chi connectivity index (χ0n) is 24.2. The Morgan fingerprint density at radius 2 is 1.77 bits per heavy atom. The van der Waals surface area contributed by atoms with Crippen LogP contribution in [0.1, 0.15) is 36.0 Å². The van der Waals surface area contributed by atoms with E-state index in [0.717, 1.165) is 28.9 Å². The minimum Gasteiger partial charge on any atom is -0.465 e. The Balaban J connectivity index is 0.000000329. The van der Waals surface area contributed by atoms with Crippen LogP contribution in [-0.2, 0) is 25.5 Å². The molecule has 1 amide bonds. The van der Waals surface area contributed by atoms with E-state index in [1.165, 1.54) is 6.92 Å². The molecule has 3 aromatic rings. The number of benzene rings is 2. The molecule has 1 atom stereocenters. The quantitative estimate of drug-likeness (QED) is 0.191. The Kier molecular flexibility index (Phi) is 14.0. The van der Waals surface area contributed by atoms with E-state index in [1.807, 2.05) is 32.0 Å². The summed E-state index contributed by atoms with van der Waals surface area (Å²) in [7, 11) is 1.62. The van der Waals surface area contributed by atoms with Gasteiger partial charge in [-0.25, -0.2) is 13.8 Å². The number of alkyl halides is 4. The third kappa shape index (κ3) is 9.21. The maximum absolute atomic E-state index is 14.2. The van der Waals surface area contributed by atoms with Gasteiger partial charge in [-0.05, 0) is 56.5 Å². The van der Waals surface area contributed by atoms with E-state index in [4.69, 9.17) is 44.3 Å². The summed E-state index contributed by atoms with van der Waals surface area (Å²) in [6.07, 6.45) is -0.115. The van der Waals surface area contributed by atoms with Crippen molar-refractivity contribution in [3.05, 3.63) is 74.2 Å². The van der Waals surface area contributed by atoms with Crippen molar-refractivity contribution in [2.24, 2.45) is 0 Å². The second kappa shape index (κ2) is 16.7. The Morgan fingerprint density at radius 1 is 1.14 bits per heavy atom. The van der Waals surface area contributed by atoms with Gasteiger partial charge in [0.1, 0.15) is 22.8 Å². The molecule has 0 fully saturated rings. The zero-order valence-corrected chi connectivity index (χ0v) is 26.4. The van der Waals surface area contributed by atoms with E-state index in [2.05, 4.69) is 5.10 Å². The average molecular weight is 668 g/mol. The minimum atomic E-state index is -3.12. The van der Waals surface area contributed by atoms with Gasteiger partial charge in [-0.2, -0.15) is 13.5 Å². The summed E-state index contributed by atoms with van der Waals surface area (Å²) in [5, 5.41) is 2.52. The molecular formula is C28H32Cl3F3N4O5. The third-order valence-corrected chi connectivity index (χ3v) is 7.02. The second-order valence-corrected chi connectivity index (χ2v) is 10.3. The fourth-order valence-corrected chi connectivity index (χ4v) is 4.71. The smallest absolute Gasteiger partial charge is 0.355 e. The van der Waals surface area contributed by atoms with Gasteiger partial charge >= 0.3 is 18.2 Å². The number of amides is 1. The van der Waals surface area contributed by atoms with Crippen molar-refractivity contribution in [2.75, 3.05) is 37.6 Å². The van der Waals surface area contributed by atoms with Crippen molar-refractivity contribution in [3.8, 4) is 5.69 Å². The lowest BCUT2D eigenvalue weighted by atomic mass is 10.1. The van der Waals surface area contributed by atoms with Gasteiger partial charge in [0.15, 0.2) is 5.82 Å². The maximum atomic E-state index is 14.2. The van der Waals surface area contributed by atoms with Crippen LogP contribution in [0.4, 0.5) is 18.9 Å². The first kappa shape index (κ1) is 36.1. The summed E-state index contributed by atoms with van der Waals surface area (Å²) in [6.45, 7) is 4.80. The number of carbonyl (C=O) groups is 2. The molecule has 0 saturated carbocycles. The van der Waals surface area contributed by atoms with Crippen LogP contribution in [0.5, 0.6) is 0 Å². The molecule has 0 aliphatic heterocycles. The van der Waals surface area contributed by atoms with E-state index in [0.29, 0.717) is 17.8 Å². The average Bonchev–Trinajstić information content (AvgIpc) is 3.25. The molecule has 0 radical (unpaired) electrons. The molecule has 236 valence electrons. The third-order valence-electron chi connectivity index (χ3n) is 6.11.